The van der Waals surface area contributed by atoms with E-state index in [1.54, 1.807) is 24.3 Å². The summed E-state index contributed by atoms with van der Waals surface area (Å²) in [6.45, 7) is 9.87. The van der Waals surface area contributed by atoms with Crippen LogP contribution >= 0.6 is 15.9 Å². The quantitative estimate of drug-likeness (QED) is 0.103. The molecule has 1 saturated heterocycles. The Labute approximate surface area is 263 Å². The van der Waals surface area contributed by atoms with E-state index >= 15 is 0 Å². The fourth-order valence-electron chi connectivity index (χ4n) is 4.57. The predicted molar refractivity (Wildman–Crippen MR) is 162 cm³/mol. The maximum Gasteiger partial charge on any atom is 0.495 e. The number of hydrogen-bond acceptors (Lipinski definition) is 8. The van der Waals surface area contributed by atoms with Crippen molar-refractivity contribution in [2.24, 2.45) is 0 Å². The molecule has 0 atom stereocenters. The molecule has 44 heavy (non-hydrogen) atoms. The molecule has 1 fully saturated rings. The maximum absolute atomic E-state index is 13.5. The monoisotopic (exact) mass is 678 g/mol. The van der Waals surface area contributed by atoms with Gasteiger partial charge in [0.25, 0.3) is 0 Å². The molecule has 0 radical (unpaired) electrons. The molecule has 3 heterocycles. The molecule has 0 bridgehead atoms. The highest BCUT2D eigenvalue weighted by molar-refractivity contribution is 9.10. The van der Waals surface area contributed by atoms with Crippen LogP contribution in [0.25, 0.3) is 0 Å². The molecule has 0 saturated carbocycles. The van der Waals surface area contributed by atoms with Gasteiger partial charge < -0.3 is 23.5 Å². The van der Waals surface area contributed by atoms with E-state index in [4.69, 9.17) is 23.5 Å². The number of pyridine rings is 2. The van der Waals surface area contributed by atoms with Crippen LogP contribution in [0.15, 0.2) is 47.1 Å². The first kappa shape index (κ1) is 33.7. The van der Waals surface area contributed by atoms with Crippen LogP contribution < -0.4 is 14.9 Å². The van der Waals surface area contributed by atoms with Crippen molar-refractivity contribution in [3.63, 3.8) is 0 Å². The number of carbonyl (C=O) groups is 1. The molecule has 3 aromatic rings. The van der Waals surface area contributed by atoms with Gasteiger partial charge in [-0.25, -0.2) is 9.97 Å². The summed E-state index contributed by atoms with van der Waals surface area (Å²) in [6.07, 6.45) is -4.08. The molecule has 4 rings (SSSR count). The summed E-state index contributed by atoms with van der Waals surface area (Å²) >= 11 is 3.27. The first-order valence-corrected chi connectivity index (χ1v) is 14.9. The molecule has 1 aliphatic rings. The minimum atomic E-state index is -4.59. The summed E-state index contributed by atoms with van der Waals surface area (Å²) in [5.41, 5.74) is 0.885. The molecular weight excluding hydrogens is 644 g/mol. The summed E-state index contributed by atoms with van der Waals surface area (Å²) in [5.74, 6) is 0.325. The number of benzene rings is 1. The Kier molecular flexibility index (Phi) is 10.3. The van der Waals surface area contributed by atoms with Crippen molar-refractivity contribution in [3.8, 4) is 11.6 Å². The number of aromatic nitrogens is 2. The normalized spacial score (nSPS) is 15.7. The zero-order chi connectivity index (χ0) is 32.3. The number of ether oxygens (including phenoxy) is 3. The van der Waals surface area contributed by atoms with E-state index in [1.165, 1.54) is 13.2 Å². The fraction of sp³-hybridized carbons (Fsp3) is 0.452. The highest BCUT2D eigenvalue weighted by atomic mass is 79.9. The summed E-state index contributed by atoms with van der Waals surface area (Å²) in [5, 5.41) is 0. The maximum atomic E-state index is 13.5. The molecule has 0 N–H and O–H groups in total. The van der Waals surface area contributed by atoms with Gasteiger partial charge in [-0.3, -0.25) is 4.79 Å². The Morgan fingerprint density at radius 3 is 2.34 bits per heavy atom. The first-order valence-electron chi connectivity index (χ1n) is 14.1. The Balaban J connectivity index is 1.52. The molecule has 8 nitrogen and oxygen atoms in total. The molecule has 0 spiro atoms. The van der Waals surface area contributed by atoms with Gasteiger partial charge in [-0.2, -0.15) is 13.2 Å². The van der Waals surface area contributed by atoms with Gasteiger partial charge in [-0.15, -0.1) is 0 Å². The van der Waals surface area contributed by atoms with Crippen LogP contribution in [-0.4, -0.2) is 48.0 Å². The van der Waals surface area contributed by atoms with Crippen molar-refractivity contribution >= 4 is 34.5 Å². The minimum Gasteiger partial charge on any atom is -0.493 e. The van der Waals surface area contributed by atoms with Crippen molar-refractivity contribution in [2.75, 3.05) is 13.7 Å². The Hall–Kier alpha value is -3.16. The van der Waals surface area contributed by atoms with Crippen LogP contribution in [0.5, 0.6) is 11.6 Å². The molecule has 0 amide bonds. The van der Waals surface area contributed by atoms with Crippen molar-refractivity contribution in [1.82, 2.24) is 9.97 Å². The number of hydrogen-bond donors (Lipinski definition) is 0. The summed E-state index contributed by atoms with van der Waals surface area (Å²) in [6, 6.07) is 11.1. The second-order valence-corrected chi connectivity index (χ2v) is 12.3. The average Bonchev–Trinajstić information content (AvgIpc) is 3.16. The third-order valence-electron chi connectivity index (χ3n) is 7.76. The summed E-state index contributed by atoms with van der Waals surface area (Å²) in [4.78, 5) is 20.3. The van der Waals surface area contributed by atoms with E-state index in [1.807, 2.05) is 40.7 Å². The predicted octanol–water partition coefficient (Wildman–Crippen LogP) is 6.17. The average molecular weight is 679 g/mol. The number of nitrogens with zero attached hydrogens (tertiary/aromatic N) is 2. The fourth-order valence-corrected chi connectivity index (χ4v) is 4.89. The van der Waals surface area contributed by atoms with Crippen LogP contribution in [-0.2, 0) is 44.5 Å². The lowest BCUT2D eigenvalue weighted by Crippen LogP contribution is -2.41. The molecule has 2 aromatic heterocycles. The van der Waals surface area contributed by atoms with E-state index in [-0.39, 0.29) is 31.7 Å². The number of methoxy groups -OCH3 is 1. The number of esters is 1. The van der Waals surface area contributed by atoms with Crippen LogP contribution in [0.3, 0.4) is 0 Å². The van der Waals surface area contributed by atoms with Crippen LogP contribution in [0.1, 0.15) is 62.2 Å². The minimum absolute atomic E-state index is 0.0105. The van der Waals surface area contributed by atoms with Crippen molar-refractivity contribution < 1.29 is 41.5 Å². The molecule has 1 aromatic carbocycles. The van der Waals surface area contributed by atoms with Gasteiger partial charge >= 0.3 is 19.3 Å². The van der Waals surface area contributed by atoms with Crippen molar-refractivity contribution in [1.29, 1.82) is 0 Å². The molecule has 0 unspecified atom stereocenters. The molecule has 0 aliphatic carbocycles. The van der Waals surface area contributed by atoms with Gasteiger partial charge in [0.1, 0.15) is 22.7 Å². The second-order valence-electron chi connectivity index (χ2n) is 11.5. The highest BCUT2D eigenvalue weighted by Gasteiger charge is 2.52. The van der Waals surface area contributed by atoms with E-state index in [9.17, 15) is 18.0 Å². The largest absolute Gasteiger partial charge is 0.495 e. The standard InChI is InChI=1S/C31H35BBrF3N2O6/c1-19-15-21(16-28(39)40-6)24(17-22(19)32-43-29(2,3)30(4,5)44-32)41-14-8-9-23-20(12-13-25(37-23)31(34,35)36)18-42-27-11-7-10-26(33)38-27/h7,10-13,15,17H,8-9,14,16,18H2,1-6H3. The first-order chi connectivity index (χ1) is 20.6. The van der Waals surface area contributed by atoms with Crippen LogP contribution in [0.4, 0.5) is 13.2 Å². The number of halogens is 4. The van der Waals surface area contributed by atoms with Crippen molar-refractivity contribution in [2.45, 2.75) is 77.9 Å². The van der Waals surface area contributed by atoms with Crippen molar-refractivity contribution in [3.05, 3.63) is 75.1 Å². The van der Waals surface area contributed by atoms with Gasteiger partial charge in [0.05, 0.1) is 31.3 Å². The van der Waals surface area contributed by atoms with Crippen LogP contribution in [0, 0.1) is 6.92 Å². The Bertz CT molecular complexity index is 1490. The van der Waals surface area contributed by atoms with Gasteiger partial charge in [-0.05, 0) is 87.1 Å². The lowest BCUT2D eigenvalue weighted by atomic mass is 9.75. The third-order valence-corrected chi connectivity index (χ3v) is 8.20. The highest BCUT2D eigenvalue weighted by Crippen LogP contribution is 2.37. The number of carbonyl (C=O) groups excluding carboxylic acids is 1. The van der Waals surface area contributed by atoms with Gasteiger partial charge in [0.2, 0.25) is 5.88 Å². The van der Waals surface area contributed by atoms with Gasteiger partial charge in [0, 0.05) is 22.9 Å². The lowest BCUT2D eigenvalue weighted by Gasteiger charge is -2.32. The number of aryl methyl sites for hydroxylation is 2. The Morgan fingerprint density at radius 2 is 1.70 bits per heavy atom. The molecule has 1 aliphatic heterocycles. The molecule has 236 valence electrons. The van der Waals surface area contributed by atoms with E-state index in [0.717, 1.165) is 17.1 Å². The molecular formula is C31H35BBrF3N2O6. The smallest absolute Gasteiger partial charge is 0.493 e. The van der Waals surface area contributed by atoms with E-state index < -0.39 is 36.2 Å². The third kappa shape index (κ3) is 8.11. The number of alkyl halides is 3. The topological polar surface area (TPSA) is 89.0 Å². The second kappa shape index (κ2) is 13.5. The SMILES string of the molecule is COC(=O)Cc1cc(C)c(B2OC(C)(C)C(C)(C)O2)cc1OCCCc1nc(C(F)(F)F)ccc1COc1cccc(Br)n1. The zero-order valence-electron chi connectivity index (χ0n) is 25.5. The Morgan fingerprint density at radius 1 is 1.00 bits per heavy atom. The summed E-state index contributed by atoms with van der Waals surface area (Å²) < 4.78 is 70.2. The molecule has 13 heteroatoms. The van der Waals surface area contributed by atoms with Crippen LogP contribution in [0.2, 0.25) is 0 Å². The van der Waals surface area contributed by atoms with E-state index in [2.05, 4.69) is 25.9 Å². The van der Waals surface area contributed by atoms with Gasteiger partial charge in [0.15, 0.2) is 0 Å². The lowest BCUT2D eigenvalue weighted by molar-refractivity contribution is -0.141. The zero-order valence-corrected chi connectivity index (χ0v) is 27.1. The summed E-state index contributed by atoms with van der Waals surface area (Å²) in [7, 11) is 0.663. The number of rotatable bonds is 11. The van der Waals surface area contributed by atoms with Gasteiger partial charge in [-0.1, -0.05) is 23.8 Å². The van der Waals surface area contributed by atoms with E-state index in [0.29, 0.717) is 33.8 Å².